The maximum absolute atomic E-state index is 11.3. The van der Waals surface area contributed by atoms with Crippen molar-refractivity contribution >= 4 is 17.3 Å². The fourth-order valence-electron chi connectivity index (χ4n) is 2.06. The van der Waals surface area contributed by atoms with E-state index >= 15 is 0 Å². The fraction of sp³-hybridized carbons (Fsp3) is 0.133. The van der Waals surface area contributed by atoms with E-state index in [-0.39, 0.29) is 5.02 Å². The molecule has 0 saturated carbocycles. The van der Waals surface area contributed by atoms with Crippen LogP contribution >= 0.6 is 11.6 Å². The predicted octanol–water partition coefficient (Wildman–Crippen LogP) is 2.28. The number of nitrogens with zero attached hydrogens (tertiary/aromatic N) is 3. The fourth-order valence-corrected chi connectivity index (χ4v) is 2.22. The highest BCUT2D eigenvalue weighted by Crippen LogP contribution is 2.16. The zero-order chi connectivity index (χ0) is 15.4. The van der Waals surface area contributed by atoms with Crippen LogP contribution in [0.2, 0.25) is 5.02 Å². The zero-order valence-corrected chi connectivity index (χ0v) is 12.4. The summed E-state index contributed by atoms with van der Waals surface area (Å²) in [5.74, 6) is 0. The van der Waals surface area contributed by atoms with Crippen LogP contribution < -0.4 is 10.9 Å². The third-order valence-electron chi connectivity index (χ3n) is 3.23. The van der Waals surface area contributed by atoms with Crippen LogP contribution in [0, 0.1) is 0 Å². The Labute approximate surface area is 131 Å². The monoisotopic (exact) mass is 315 g/mol. The first kappa shape index (κ1) is 14.3. The van der Waals surface area contributed by atoms with Crippen molar-refractivity contribution in [3.63, 3.8) is 0 Å². The molecule has 3 rings (SSSR count). The average Bonchev–Trinajstić information content (AvgIpc) is 3.03. The molecule has 0 aliphatic carbocycles. The van der Waals surface area contributed by atoms with Crippen LogP contribution in [0.3, 0.4) is 0 Å². The van der Waals surface area contributed by atoms with E-state index < -0.39 is 5.56 Å². The summed E-state index contributed by atoms with van der Waals surface area (Å²) in [5.41, 5.74) is 2.40. The standard InChI is InChI=1S/C15H14ClN5O/c16-14-13(8-19-20-15(14)22)18-7-11-1-3-12(4-2-11)9-21-6-5-17-10-21/h1-6,8,10H,7,9H2,(H2,18,20,22). The summed E-state index contributed by atoms with van der Waals surface area (Å²) >= 11 is 5.91. The number of hydrogen-bond donors (Lipinski definition) is 2. The second kappa shape index (κ2) is 6.44. The Morgan fingerprint density at radius 2 is 2.00 bits per heavy atom. The lowest BCUT2D eigenvalue weighted by Gasteiger charge is -2.08. The molecule has 112 valence electrons. The Balaban J connectivity index is 1.64. The number of H-pyrrole nitrogens is 1. The van der Waals surface area contributed by atoms with Gasteiger partial charge >= 0.3 is 0 Å². The van der Waals surface area contributed by atoms with Gasteiger partial charge in [-0.15, -0.1) is 0 Å². The highest BCUT2D eigenvalue weighted by molar-refractivity contribution is 6.32. The minimum atomic E-state index is -0.401. The summed E-state index contributed by atoms with van der Waals surface area (Å²) in [7, 11) is 0. The maximum Gasteiger partial charge on any atom is 0.285 e. The van der Waals surface area contributed by atoms with Gasteiger partial charge in [0, 0.05) is 25.5 Å². The molecule has 7 heteroatoms. The lowest BCUT2D eigenvalue weighted by Crippen LogP contribution is -2.11. The van der Waals surface area contributed by atoms with E-state index in [4.69, 9.17) is 11.6 Å². The quantitative estimate of drug-likeness (QED) is 0.757. The molecule has 6 nitrogen and oxygen atoms in total. The van der Waals surface area contributed by atoms with Crippen molar-refractivity contribution in [2.75, 3.05) is 5.32 Å². The molecule has 0 unspecified atom stereocenters. The summed E-state index contributed by atoms with van der Waals surface area (Å²) in [6, 6.07) is 8.20. The second-order valence-electron chi connectivity index (χ2n) is 4.83. The van der Waals surface area contributed by atoms with E-state index in [0.717, 1.165) is 12.1 Å². The van der Waals surface area contributed by atoms with Crippen LogP contribution in [-0.2, 0) is 13.1 Å². The number of imidazole rings is 1. The minimum absolute atomic E-state index is 0.117. The molecule has 2 heterocycles. The van der Waals surface area contributed by atoms with Gasteiger partial charge in [-0.3, -0.25) is 4.79 Å². The van der Waals surface area contributed by atoms with Crippen LogP contribution in [0.4, 0.5) is 5.69 Å². The number of rotatable bonds is 5. The van der Waals surface area contributed by atoms with Crippen molar-refractivity contribution in [3.8, 4) is 0 Å². The molecule has 0 atom stereocenters. The summed E-state index contributed by atoms with van der Waals surface area (Å²) < 4.78 is 2.01. The van der Waals surface area contributed by atoms with Gasteiger partial charge < -0.3 is 9.88 Å². The molecule has 2 aromatic heterocycles. The Kier molecular flexibility index (Phi) is 4.20. The van der Waals surface area contributed by atoms with Gasteiger partial charge in [-0.25, -0.2) is 10.1 Å². The van der Waals surface area contributed by atoms with E-state index in [0.29, 0.717) is 12.2 Å². The number of anilines is 1. The van der Waals surface area contributed by atoms with Crippen LogP contribution in [0.1, 0.15) is 11.1 Å². The SMILES string of the molecule is O=c1[nH]ncc(NCc2ccc(Cn3ccnc3)cc2)c1Cl. The summed E-state index contributed by atoms with van der Waals surface area (Å²) in [4.78, 5) is 15.4. The Morgan fingerprint density at radius 1 is 1.23 bits per heavy atom. The largest absolute Gasteiger partial charge is 0.378 e. The number of aromatic nitrogens is 4. The van der Waals surface area contributed by atoms with Crippen LogP contribution in [-0.4, -0.2) is 19.7 Å². The predicted molar refractivity (Wildman–Crippen MR) is 85.0 cm³/mol. The van der Waals surface area contributed by atoms with Crippen molar-refractivity contribution in [3.05, 3.63) is 75.7 Å². The lowest BCUT2D eigenvalue weighted by atomic mass is 10.1. The lowest BCUT2D eigenvalue weighted by molar-refractivity contribution is 0.797. The number of halogens is 1. The van der Waals surface area contributed by atoms with Crippen molar-refractivity contribution < 1.29 is 0 Å². The van der Waals surface area contributed by atoms with Gasteiger partial charge in [-0.2, -0.15) is 5.10 Å². The molecule has 1 aromatic carbocycles. The first-order chi connectivity index (χ1) is 10.7. The smallest absolute Gasteiger partial charge is 0.285 e. The average molecular weight is 316 g/mol. The zero-order valence-electron chi connectivity index (χ0n) is 11.7. The van der Waals surface area contributed by atoms with Crippen LogP contribution in [0.25, 0.3) is 0 Å². The van der Waals surface area contributed by atoms with Gasteiger partial charge in [0.25, 0.3) is 5.56 Å². The van der Waals surface area contributed by atoms with Gasteiger partial charge in [0.2, 0.25) is 0 Å². The van der Waals surface area contributed by atoms with E-state index in [1.165, 1.54) is 11.8 Å². The number of hydrogen-bond acceptors (Lipinski definition) is 4. The summed E-state index contributed by atoms with van der Waals surface area (Å²) in [6.45, 7) is 1.35. The van der Waals surface area contributed by atoms with E-state index in [2.05, 4.69) is 32.6 Å². The maximum atomic E-state index is 11.3. The van der Waals surface area contributed by atoms with E-state index in [9.17, 15) is 4.79 Å². The second-order valence-corrected chi connectivity index (χ2v) is 5.21. The van der Waals surface area contributed by atoms with Gasteiger partial charge in [0.05, 0.1) is 18.2 Å². The summed E-state index contributed by atoms with van der Waals surface area (Å²) in [6.07, 6.45) is 6.98. The molecular weight excluding hydrogens is 302 g/mol. The minimum Gasteiger partial charge on any atom is -0.378 e. The first-order valence-electron chi connectivity index (χ1n) is 6.73. The molecule has 0 fully saturated rings. The first-order valence-corrected chi connectivity index (χ1v) is 7.11. The molecular formula is C15H14ClN5O. The molecule has 3 aromatic rings. The highest BCUT2D eigenvalue weighted by atomic mass is 35.5. The van der Waals surface area contributed by atoms with Crippen LogP contribution in [0.5, 0.6) is 0 Å². The van der Waals surface area contributed by atoms with Crippen molar-refractivity contribution in [2.24, 2.45) is 0 Å². The highest BCUT2D eigenvalue weighted by Gasteiger charge is 2.04. The van der Waals surface area contributed by atoms with Crippen molar-refractivity contribution in [2.45, 2.75) is 13.1 Å². The third kappa shape index (κ3) is 3.35. The topological polar surface area (TPSA) is 75.6 Å². The molecule has 2 N–H and O–H groups in total. The molecule has 0 spiro atoms. The van der Waals surface area contributed by atoms with E-state index in [1.807, 2.05) is 22.9 Å². The van der Waals surface area contributed by atoms with E-state index in [1.54, 1.807) is 12.5 Å². The van der Waals surface area contributed by atoms with Gasteiger partial charge in [0.15, 0.2) is 0 Å². The molecule has 0 aliphatic rings. The number of benzene rings is 1. The molecule has 0 amide bonds. The Bertz CT molecular complexity index is 796. The Morgan fingerprint density at radius 3 is 2.73 bits per heavy atom. The van der Waals surface area contributed by atoms with Crippen molar-refractivity contribution in [1.82, 2.24) is 19.7 Å². The molecule has 0 bridgehead atoms. The number of nitrogens with one attached hydrogen (secondary N) is 2. The van der Waals surface area contributed by atoms with Gasteiger partial charge in [-0.05, 0) is 11.1 Å². The Hall–Kier alpha value is -2.60. The molecule has 22 heavy (non-hydrogen) atoms. The van der Waals surface area contributed by atoms with Gasteiger partial charge in [0.1, 0.15) is 5.02 Å². The normalized spacial score (nSPS) is 10.6. The molecule has 0 saturated heterocycles. The third-order valence-corrected chi connectivity index (χ3v) is 3.60. The number of aromatic amines is 1. The van der Waals surface area contributed by atoms with Crippen LogP contribution in [0.15, 0.2) is 54.0 Å². The summed E-state index contributed by atoms with van der Waals surface area (Å²) in [5, 5.41) is 9.22. The molecule has 0 aliphatic heterocycles. The van der Waals surface area contributed by atoms with Gasteiger partial charge in [-0.1, -0.05) is 35.9 Å². The van der Waals surface area contributed by atoms with Crippen molar-refractivity contribution in [1.29, 1.82) is 0 Å². The molecule has 0 radical (unpaired) electrons.